The van der Waals surface area contributed by atoms with Gasteiger partial charge < -0.3 is 5.32 Å². The molecule has 0 aromatic heterocycles. The topological polar surface area (TPSA) is 12.0 Å². The lowest BCUT2D eigenvalue weighted by atomic mass is 9.73. The molecule has 1 unspecified atom stereocenters. The van der Waals surface area contributed by atoms with Crippen molar-refractivity contribution in [1.82, 2.24) is 5.32 Å². The Bertz CT molecular complexity index is 395. The molecule has 1 heteroatoms. The van der Waals surface area contributed by atoms with Crippen molar-refractivity contribution < 1.29 is 0 Å². The molecule has 1 N–H and O–H groups in total. The van der Waals surface area contributed by atoms with Gasteiger partial charge in [-0.15, -0.1) is 0 Å². The molecule has 2 rings (SSSR count). The molecule has 1 nitrogen and oxygen atoms in total. The Morgan fingerprint density at radius 2 is 1.74 bits per heavy atom. The number of rotatable bonds is 5. The maximum atomic E-state index is 3.64. The predicted octanol–water partition coefficient (Wildman–Crippen LogP) is 4.40. The summed E-state index contributed by atoms with van der Waals surface area (Å²) < 4.78 is 0. The Hall–Kier alpha value is -0.820. The molecule has 1 aliphatic rings. The SMILES string of the molecule is CCC1(C(Cc2c(C)cccc2C)NC)CCCC1. The number of hydrogen-bond donors (Lipinski definition) is 1. The van der Waals surface area contributed by atoms with Crippen LogP contribution in [0, 0.1) is 19.3 Å². The summed E-state index contributed by atoms with van der Waals surface area (Å²) in [4.78, 5) is 0. The molecule has 106 valence electrons. The molecule has 0 heterocycles. The summed E-state index contributed by atoms with van der Waals surface area (Å²) in [6.45, 7) is 6.88. The van der Waals surface area contributed by atoms with Crippen molar-refractivity contribution in [2.75, 3.05) is 7.05 Å². The molecule has 19 heavy (non-hydrogen) atoms. The summed E-state index contributed by atoms with van der Waals surface area (Å²) in [5.41, 5.74) is 4.99. The monoisotopic (exact) mass is 259 g/mol. The van der Waals surface area contributed by atoms with Crippen LogP contribution >= 0.6 is 0 Å². The first-order chi connectivity index (χ1) is 9.13. The second kappa shape index (κ2) is 6.09. The zero-order valence-electron chi connectivity index (χ0n) is 13.1. The minimum absolute atomic E-state index is 0.531. The molecule has 0 amide bonds. The molecule has 0 radical (unpaired) electrons. The Kier molecular flexibility index (Phi) is 4.67. The third-order valence-corrected chi connectivity index (χ3v) is 5.44. The number of benzene rings is 1. The molecule has 1 aromatic rings. The number of hydrogen-bond acceptors (Lipinski definition) is 1. The van der Waals surface area contributed by atoms with Crippen LogP contribution in [0.5, 0.6) is 0 Å². The fraction of sp³-hybridized carbons (Fsp3) is 0.667. The van der Waals surface area contributed by atoms with Gasteiger partial charge in [0.1, 0.15) is 0 Å². The van der Waals surface area contributed by atoms with Gasteiger partial charge in [-0.05, 0) is 68.7 Å². The van der Waals surface area contributed by atoms with E-state index in [2.05, 4.69) is 51.3 Å². The van der Waals surface area contributed by atoms with E-state index in [-0.39, 0.29) is 0 Å². The van der Waals surface area contributed by atoms with Crippen LogP contribution in [0.1, 0.15) is 55.7 Å². The minimum Gasteiger partial charge on any atom is -0.316 e. The van der Waals surface area contributed by atoms with Crippen molar-refractivity contribution >= 4 is 0 Å². The van der Waals surface area contributed by atoms with Crippen LogP contribution in [0.4, 0.5) is 0 Å². The summed E-state index contributed by atoms with van der Waals surface area (Å²) >= 11 is 0. The van der Waals surface area contributed by atoms with Crippen LogP contribution in [0.25, 0.3) is 0 Å². The van der Waals surface area contributed by atoms with Gasteiger partial charge in [-0.2, -0.15) is 0 Å². The lowest BCUT2D eigenvalue weighted by Gasteiger charge is -2.37. The first kappa shape index (κ1) is 14.6. The molecule has 0 saturated heterocycles. The Morgan fingerprint density at radius 1 is 1.16 bits per heavy atom. The first-order valence-corrected chi connectivity index (χ1v) is 7.85. The third kappa shape index (κ3) is 2.86. The highest BCUT2D eigenvalue weighted by atomic mass is 14.9. The van der Waals surface area contributed by atoms with E-state index in [4.69, 9.17) is 0 Å². The summed E-state index contributed by atoms with van der Waals surface area (Å²) in [7, 11) is 2.15. The second-order valence-electron chi connectivity index (χ2n) is 6.34. The van der Waals surface area contributed by atoms with Crippen molar-refractivity contribution in [3.63, 3.8) is 0 Å². The van der Waals surface area contributed by atoms with E-state index in [1.54, 1.807) is 5.56 Å². The van der Waals surface area contributed by atoms with Gasteiger partial charge in [0.25, 0.3) is 0 Å². The first-order valence-electron chi connectivity index (χ1n) is 7.85. The van der Waals surface area contributed by atoms with Gasteiger partial charge in [-0.3, -0.25) is 0 Å². The van der Waals surface area contributed by atoms with E-state index in [1.165, 1.54) is 49.7 Å². The quantitative estimate of drug-likeness (QED) is 0.826. The van der Waals surface area contributed by atoms with Gasteiger partial charge >= 0.3 is 0 Å². The lowest BCUT2D eigenvalue weighted by molar-refractivity contribution is 0.192. The number of likely N-dealkylation sites (N-methyl/N-ethyl adjacent to an activating group) is 1. The van der Waals surface area contributed by atoms with Gasteiger partial charge in [0, 0.05) is 6.04 Å². The summed E-state index contributed by atoms with van der Waals surface area (Å²) in [5.74, 6) is 0. The molecule has 1 aliphatic carbocycles. The summed E-state index contributed by atoms with van der Waals surface area (Å²) in [5, 5.41) is 3.64. The Morgan fingerprint density at radius 3 is 2.21 bits per heavy atom. The minimum atomic E-state index is 0.531. The van der Waals surface area contributed by atoms with Crippen LogP contribution < -0.4 is 5.32 Å². The van der Waals surface area contributed by atoms with Crippen LogP contribution in [0.3, 0.4) is 0 Å². The molecule has 0 bridgehead atoms. The van der Waals surface area contributed by atoms with Crippen molar-refractivity contribution in [2.24, 2.45) is 5.41 Å². The maximum absolute atomic E-state index is 3.64. The van der Waals surface area contributed by atoms with Crippen molar-refractivity contribution in [1.29, 1.82) is 0 Å². The van der Waals surface area contributed by atoms with E-state index < -0.39 is 0 Å². The maximum Gasteiger partial charge on any atom is 0.0161 e. The molecule has 0 spiro atoms. The lowest BCUT2D eigenvalue weighted by Crippen LogP contribution is -2.43. The van der Waals surface area contributed by atoms with Crippen molar-refractivity contribution in [3.05, 3.63) is 34.9 Å². The highest BCUT2D eigenvalue weighted by Crippen LogP contribution is 2.44. The average molecular weight is 259 g/mol. The molecule has 0 aliphatic heterocycles. The predicted molar refractivity (Wildman–Crippen MR) is 83.7 cm³/mol. The average Bonchev–Trinajstić information content (AvgIpc) is 2.88. The zero-order valence-corrected chi connectivity index (χ0v) is 13.1. The molecule has 1 fully saturated rings. The van der Waals surface area contributed by atoms with E-state index in [9.17, 15) is 0 Å². The number of nitrogens with one attached hydrogen (secondary N) is 1. The van der Waals surface area contributed by atoms with Gasteiger partial charge in [0.2, 0.25) is 0 Å². The third-order valence-electron chi connectivity index (χ3n) is 5.44. The van der Waals surface area contributed by atoms with Gasteiger partial charge in [0.05, 0.1) is 0 Å². The van der Waals surface area contributed by atoms with E-state index in [1.807, 2.05) is 0 Å². The molecular formula is C18H29N. The largest absolute Gasteiger partial charge is 0.316 e. The zero-order chi connectivity index (χ0) is 13.9. The van der Waals surface area contributed by atoms with Crippen molar-refractivity contribution in [2.45, 2.75) is 65.3 Å². The molecule has 1 atom stereocenters. The molecular weight excluding hydrogens is 230 g/mol. The normalized spacial score (nSPS) is 19.6. The molecule has 1 saturated carbocycles. The van der Waals surface area contributed by atoms with Crippen LogP contribution in [0.15, 0.2) is 18.2 Å². The summed E-state index contributed by atoms with van der Waals surface area (Å²) in [6, 6.07) is 7.30. The van der Waals surface area contributed by atoms with E-state index >= 15 is 0 Å². The van der Waals surface area contributed by atoms with Gasteiger partial charge in [0.15, 0.2) is 0 Å². The highest BCUT2D eigenvalue weighted by molar-refractivity contribution is 5.34. The fourth-order valence-electron chi connectivity index (χ4n) is 4.03. The van der Waals surface area contributed by atoms with Gasteiger partial charge in [-0.25, -0.2) is 0 Å². The number of aryl methyl sites for hydroxylation is 2. The summed E-state index contributed by atoms with van der Waals surface area (Å²) in [6.07, 6.45) is 8.13. The smallest absolute Gasteiger partial charge is 0.0161 e. The van der Waals surface area contributed by atoms with E-state index in [0.717, 1.165) is 0 Å². The van der Waals surface area contributed by atoms with Crippen molar-refractivity contribution in [3.8, 4) is 0 Å². The van der Waals surface area contributed by atoms with Crippen LogP contribution in [-0.2, 0) is 6.42 Å². The van der Waals surface area contributed by atoms with Crippen LogP contribution in [-0.4, -0.2) is 13.1 Å². The second-order valence-corrected chi connectivity index (χ2v) is 6.34. The van der Waals surface area contributed by atoms with Crippen LogP contribution in [0.2, 0.25) is 0 Å². The highest BCUT2D eigenvalue weighted by Gasteiger charge is 2.39. The Labute approximate surface area is 118 Å². The van der Waals surface area contributed by atoms with E-state index in [0.29, 0.717) is 11.5 Å². The fourth-order valence-corrected chi connectivity index (χ4v) is 4.03. The Balaban J connectivity index is 2.24. The standard InChI is InChI=1S/C18H29N/c1-5-18(11-6-7-12-18)17(19-4)13-16-14(2)9-8-10-15(16)3/h8-10,17,19H,5-7,11-13H2,1-4H3. The van der Waals surface area contributed by atoms with Gasteiger partial charge in [-0.1, -0.05) is 38.0 Å². The molecule has 1 aromatic carbocycles.